The van der Waals surface area contributed by atoms with Gasteiger partial charge < -0.3 is 18.9 Å². The summed E-state index contributed by atoms with van der Waals surface area (Å²) in [5.74, 6) is -0.0233. The molecule has 32 heavy (non-hydrogen) atoms. The lowest BCUT2D eigenvalue weighted by Crippen LogP contribution is -2.45. The van der Waals surface area contributed by atoms with Crippen molar-refractivity contribution in [2.24, 2.45) is 0 Å². The highest BCUT2D eigenvalue weighted by Gasteiger charge is 2.42. The average molecular weight is 479 g/mol. The molecular formula is C24H42N2O4Si2. The summed E-state index contributed by atoms with van der Waals surface area (Å²) in [7, 11) is -4.14. The minimum atomic E-state index is -2.10. The molecule has 2 rings (SSSR count). The summed E-state index contributed by atoms with van der Waals surface area (Å²) < 4.78 is 13.1. The number of nitrogens with one attached hydrogen (secondary N) is 1. The maximum atomic E-state index is 11.4. The number of aromatic amines is 1. The average Bonchev–Trinajstić information content (AvgIpc) is 3.20. The first-order valence-corrected chi connectivity index (χ1v) is 16.9. The highest BCUT2D eigenvalue weighted by atomic mass is 28.4. The predicted molar refractivity (Wildman–Crippen MR) is 137 cm³/mol. The highest BCUT2D eigenvalue weighted by Crippen LogP contribution is 2.44. The Morgan fingerprint density at radius 1 is 0.969 bits per heavy atom. The van der Waals surface area contributed by atoms with Crippen molar-refractivity contribution in [3.05, 3.63) is 42.5 Å². The van der Waals surface area contributed by atoms with Crippen LogP contribution in [-0.4, -0.2) is 37.7 Å². The molecule has 2 N–H and O–H groups in total. The number of benzene rings is 1. The summed E-state index contributed by atoms with van der Waals surface area (Å²) in [6, 6.07) is 5.60. The van der Waals surface area contributed by atoms with Crippen LogP contribution in [0.25, 0.3) is 0 Å². The Labute approximate surface area is 196 Å². The van der Waals surface area contributed by atoms with Gasteiger partial charge in [-0.2, -0.15) is 0 Å². The van der Waals surface area contributed by atoms with E-state index in [4.69, 9.17) is 8.85 Å². The Hall–Kier alpha value is -2.07. The molecule has 2 aromatic rings. The summed E-state index contributed by atoms with van der Waals surface area (Å²) >= 11 is 0. The monoisotopic (exact) mass is 478 g/mol. The lowest BCUT2D eigenvalue weighted by atomic mass is 10.0. The van der Waals surface area contributed by atoms with Crippen LogP contribution >= 0.6 is 0 Å². The van der Waals surface area contributed by atoms with Crippen molar-refractivity contribution in [2.45, 2.75) is 90.6 Å². The fraction of sp³-hybridized carbons (Fsp3) is 0.583. The van der Waals surface area contributed by atoms with Crippen molar-refractivity contribution in [2.75, 3.05) is 0 Å². The van der Waals surface area contributed by atoms with Crippen LogP contribution in [0.15, 0.2) is 36.9 Å². The molecule has 1 aromatic heterocycles. The number of aliphatic carboxylic acids is 1. The normalized spacial score (nSPS) is 13.6. The molecule has 0 fully saturated rings. The number of carboxylic acids is 1. The molecule has 1 unspecified atom stereocenters. The van der Waals surface area contributed by atoms with E-state index in [0.29, 0.717) is 5.75 Å². The Balaban J connectivity index is 0.000000894. The fourth-order valence-electron chi connectivity index (χ4n) is 2.17. The van der Waals surface area contributed by atoms with E-state index < -0.39 is 28.5 Å². The zero-order chi connectivity index (χ0) is 25.0. The van der Waals surface area contributed by atoms with Crippen LogP contribution in [0, 0.1) is 0 Å². The number of carbonyl (C=O) groups is 1. The van der Waals surface area contributed by atoms with E-state index in [1.54, 1.807) is 25.6 Å². The van der Waals surface area contributed by atoms with Crippen LogP contribution < -0.4 is 8.85 Å². The smallest absolute Gasteiger partial charge is 0.310 e. The Morgan fingerprint density at radius 2 is 1.47 bits per heavy atom. The van der Waals surface area contributed by atoms with E-state index in [0.717, 1.165) is 11.3 Å². The number of nitrogens with zero attached hydrogens (tertiary/aromatic N) is 1. The second-order valence-electron chi connectivity index (χ2n) is 11.3. The third-order valence-electron chi connectivity index (χ3n) is 6.59. The van der Waals surface area contributed by atoms with Gasteiger partial charge in [0, 0.05) is 12.4 Å². The summed E-state index contributed by atoms with van der Waals surface area (Å²) in [6.07, 6.45) is 5.08. The van der Waals surface area contributed by atoms with Crippen LogP contribution in [0.4, 0.5) is 0 Å². The van der Waals surface area contributed by atoms with Gasteiger partial charge in [-0.15, -0.1) is 0 Å². The summed E-state index contributed by atoms with van der Waals surface area (Å²) in [4.78, 5) is 17.9. The molecule has 0 saturated heterocycles. The minimum absolute atomic E-state index is 0.0374. The zero-order valence-corrected chi connectivity index (χ0v) is 23.7. The van der Waals surface area contributed by atoms with Crippen molar-refractivity contribution in [3.8, 4) is 11.5 Å². The lowest BCUT2D eigenvalue weighted by molar-refractivity contribution is -0.138. The Bertz CT molecular complexity index is 850. The van der Waals surface area contributed by atoms with Gasteiger partial charge in [0.15, 0.2) is 0 Å². The molecule has 0 saturated carbocycles. The van der Waals surface area contributed by atoms with Crippen molar-refractivity contribution in [3.63, 3.8) is 0 Å². The van der Waals surface area contributed by atoms with Gasteiger partial charge in [-0.25, -0.2) is 4.98 Å². The molecule has 6 nitrogen and oxygen atoms in total. The molecule has 0 amide bonds. The largest absolute Gasteiger partial charge is 0.541 e. The van der Waals surface area contributed by atoms with E-state index in [9.17, 15) is 9.90 Å². The summed E-state index contributed by atoms with van der Waals surface area (Å²) in [6.45, 7) is 23.7. The SMILES string of the molecule is CC(C(=O)O)c1ccc(O[Si](C)(C)C(C)(C)C)c(O[Si](C)(C)C(C)(C)C)c1.c1c[nH]cn1. The number of aromatic nitrogens is 2. The summed E-state index contributed by atoms with van der Waals surface area (Å²) in [5.41, 5.74) is 0.735. The number of hydrogen-bond acceptors (Lipinski definition) is 4. The first kappa shape index (κ1) is 28.0. The highest BCUT2D eigenvalue weighted by molar-refractivity contribution is 6.75. The molecule has 1 heterocycles. The quantitative estimate of drug-likeness (QED) is 0.434. The van der Waals surface area contributed by atoms with Crippen LogP contribution in [0.2, 0.25) is 36.3 Å². The number of carboxylic acid groups (broad SMARTS) is 1. The lowest BCUT2D eigenvalue weighted by Gasteiger charge is -2.40. The zero-order valence-electron chi connectivity index (χ0n) is 21.7. The van der Waals surface area contributed by atoms with Crippen LogP contribution in [0.5, 0.6) is 11.5 Å². The number of imidazole rings is 1. The first-order valence-electron chi connectivity index (χ1n) is 11.1. The van der Waals surface area contributed by atoms with Gasteiger partial charge >= 0.3 is 5.97 Å². The van der Waals surface area contributed by atoms with Gasteiger partial charge in [-0.3, -0.25) is 4.79 Å². The molecule has 0 aliphatic rings. The third-order valence-corrected chi connectivity index (χ3v) is 15.3. The number of H-pyrrole nitrogens is 1. The standard InChI is InChI=1S/C21H38O4Si2.C3H4N2/c1-15(19(22)23)16-12-13-17(24-26(8,9)20(2,3)4)18(14-16)25-27(10,11)21(5,6)7;1-2-5-3-4-1/h12-15H,1-11H3,(H,22,23);1-3H,(H,4,5). The minimum Gasteiger partial charge on any atom is -0.541 e. The molecule has 0 radical (unpaired) electrons. The van der Waals surface area contributed by atoms with E-state index in [-0.39, 0.29) is 10.1 Å². The van der Waals surface area contributed by atoms with Crippen molar-refractivity contribution >= 4 is 22.6 Å². The molecule has 1 atom stereocenters. The van der Waals surface area contributed by atoms with E-state index in [1.165, 1.54) is 0 Å². The third kappa shape index (κ3) is 7.51. The molecule has 8 heteroatoms. The molecule has 0 aliphatic carbocycles. The molecule has 180 valence electrons. The second-order valence-corrected chi connectivity index (χ2v) is 20.7. The van der Waals surface area contributed by atoms with Gasteiger partial charge in [-0.1, -0.05) is 47.6 Å². The maximum absolute atomic E-state index is 11.4. The molecular weight excluding hydrogens is 436 g/mol. The van der Waals surface area contributed by atoms with Crippen LogP contribution in [-0.2, 0) is 4.79 Å². The molecule has 0 bridgehead atoms. The van der Waals surface area contributed by atoms with Gasteiger partial charge in [0.25, 0.3) is 16.6 Å². The van der Waals surface area contributed by atoms with E-state index in [2.05, 4.69) is 77.7 Å². The number of hydrogen-bond donors (Lipinski definition) is 2. The van der Waals surface area contributed by atoms with Crippen molar-refractivity contribution in [1.82, 2.24) is 9.97 Å². The molecule has 0 spiro atoms. The maximum Gasteiger partial charge on any atom is 0.310 e. The van der Waals surface area contributed by atoms with Gasteiger partial charge in [0.05, 0.1) is 12.2 Å². The summed E-state index contributed by atoms with van der Waals surface area (Å²) in [5, 5.41) is 9.50. The predicted octanol–water partition coefficient (Wildman–Crippen LogP) is 7.05. The Kier molecular flexibility index (Phi) is 8.96. The van der Waals surface area contributed by atoms with Crippen molar-refractivity contribution < 1.29 is 18.8 Å². The fourth-order valence-corrected chi connectivity index (χ4v) is 4.21. The first-order chi connectivity index (χ1) is 14.4. The van der Waals surface area contributed by atoms with Crippen LogP contribution in [0.1, 0.15) is 59.9 Å². The molecule has 1 aromatic carbocycles. The van der Waals surface area contributed by atoms with E-state index in [1.807, 2.05) is 18.2 Å². The topological polar surface area (TPSA) is 84.4 Å². The number of rotatable bonds is 6. The Morgan fingerprint density at radius 3 is 1.81 bits per heavy atom. The second kappa shape index (κ2) is 10.2. The van der Waals surface area contributed by atoms with E-state index >= 15 is 0 Å². The van der Waals surface area contributed by atoms with Gasteiger partial charge in [0.2, 0.25) is 0 Å². The molecule has 0 aliphatic heterocycles. The van der Waals surface area contributed by atoms with Crippen LogP contribution in [0.3, 0.4) is 0 Å². The van der Waals surface area contributed by atoms with Gasteiger partial charge in [0.1, 0.15) is 11.5 Å². The van der Waals surface area contributed by atoms with Crippen molar-refractivity contribution in [1.29, 1.82) is 0 Å². The van der Waals surface area contributed by atoms with Gasteiger partial charge in [-0.05, 0) is 60.9 Å².